The van der Waals surface area contributed by atoms with Crippen LogP contribution in [0.4, 0.5) is 8.78 Å². The Morgan fingerprint density at radius 2 is 2.08 bits per heavy atom. The summed E-state index contributed by atoms with van der Waals surface area (Å²) in [7, 11) is 0. The van der Waals surface area contributed by atoms with Crippen molar-refractivity contribution in [2.24, 2.45) is 0 Å². The maximum Gasteiger partial charge on any atom is 0.167 e. The summed E-state index contributed by atoms with van der Waals surface area (Å²) < 4.78 is 30.1. The molecule has 0 aromatic heterocycles. The molecule has 0 aliphatic carbocycles. The van der Waals surface area contributed by atoms with E-state index in [0.29, 0.717) is 12.4 Å². The lowest BCUT2D eigenvalue weighted by Gasteiger charge is -2.04. The second-order valence-corrected chi connectivity index (χ2v) is 2.59. The summed E-state index contributed by atoms with van der Waals surface area (Å²) >= 11 is 3.88. The van der Waals surface area contributed by atoms with Crippen molar-refractivity contribution in [1.29, 1.82) is 0 Å². The molecule has 0 saturated carbocycles. The topological polar surface area (TPSA) is 9.23 Å². The Kier molecular flexibility index (Phi) is 3.34. The second-order valence-electron chi connectivity index (χ2n) is 2.15. The van der Waals surface area contributed by atoms with Gasteiger partial charge in [0.25, 0.3) is 0 Å². The first-order chi connectivity index (χ1) is 5.74. The molecular weight excluding hydrogens is 182 g/mol. The molecule has 0 aliphatic rings. The highest BCUT2D eigenvalue weighted by Crippen LogP contribution is 2.17. The van der Waals surface area contributed by atoms with Gasteiger partial charge in [0, 0.05) is 11.8 Å². The third kappa shape index (κ3) is 2.37. The Bertz CT molecular complexity index is 265. The number of hydrogen-bond donors (Lipinski definition) is 1. The number of benzene rings is 1. The molecule has 66 valence electrons. The van der Waals surface area contributed by atoms with Crippen LogP contribution in [-0.2, 0) is 0 Å². The maximum absolute atomic E-state index is 12.8. The van der Waals surface area contributed by atoms with Gasteiger partial charge in [0.05, 0.1) is 6.61 Å². The van der Waals surface area contributed by atoms with Gasteiger partial charge in [-0.25, -0.2) is 8.78 Å². The van der Waals surface area contributed by atoms with Crippen LogP contribution in [0.25, 0.3) is 0 Å². The lowest BCUT2D eigenvalue weighted by molar-refractivity contribution is 0.324. The Morgan fingerprint density at radius 1 is 1.33 bits per heavy atom. The van der Waals surface area contributed by atoms with Gasteiger partial charge >= 0.3 is 0 Å². The van der Waals surface area contributed by atoms with Gasteiger partial charge in [-0.3, -0.25) is 0 Å². The van der Waals surface area contributed by atoms with Crippen molar-refractivity contribution in [3.63, 3.8) is 0 Å². The van der Waals surface area contributed by atoms with E-state index in [2.05, 4.69) is 12.6 Å². The summed E-state index contributed by atoms with van der Waals surface area (Å²) in [6.45, 7) is 0.311. The fourth-order valence-electron chi connectivity index (χ4n) is 0.748. The van der Waals surface area contributed by atoms with E-state index in [-0.39, 0.29) is 5.75 Å². The maximum atomic E-state index is 12.8. The average Bonchev–Trinajstić information content (AvgIpc) is 2.03. The first kappa shape index (κ1) is 9.32. The average molecular weight is 190 g/mol. The molecule has 0 spiro atoms. The molecule has 0 bridgehead atoms. The smallest absolute Gasteiger partial charge is 0.167 e. The highest BCUT2D eigenvalue weighted by molar-refractivity contribution is 7.80. The Balaban J connectivity index is 2.72. The third-order valence-electron chi connectivity index (χ3n) is 1.24. The Labute approximate surface area is 74.8 Å². The van der Waals surface area contributed by atoms with Crippen LogP contribution in [0.2, 0.25) is 0 Å². The molecule has 0 N–H and O–H groups in total. The van der Waals surface area contributed by atoms with Crippen molar-refractivity contribution in [3.05, 3.63) is 29.8 Å². The van der Waals surface area contributed by atoms with Crippen molar-refractivity contribution < 1.29 is 13.5 Å². The molecule has 0 heterocycles. The minimum Gasteiger partial charge on any atom is -0.490 e. The third-order valence-corrected chi connectivity index (χ3v) is 1.43. The molecule has 0 aliphatic heterocycles. The Morgan fingerprint density at radius 3 is 2.67 bits per heavy atom. The highest BCUT2D eigenvalue weighted by Gasteiger charge is 2.03. The van der Waals surface area contributed by atoms with Crippen LogP contribution in [0.1, 0.15) is 0 Å². The summed E-state index contributed by atoms with van der Waals surface area (Å²) in [6.07, 6.45) is 0. The zero-order valence-electron chi connectivity index (χ0n) is 6.26. The molecule has 1 rings (SSSR count). The molecule has 0 unspecified atom stereocenters. The van der Waals surface area contributed by atoms with E-state index in [0.717, 1.165) is 12.1 Å². The molecule has 1 aromatic rings. The zero-order chi connectivity index (χ0) is 8.97. The van der Waals surface area contributed by atoms with Gasteiger partial charge in [-0.05, 0) is 12.1 Å². The van der Waals surface area contributed by atoms with Crippen LogP contribution < -0.4 is 4.74 Å². The normalized spacial score (nSPS) is 9.92. The van der Waals surface area contributed by atoms with Crippen molar-refractivity contribution in [1.82, 2.24) is 0 Å². The van der Waals surface area contributed by atoms with E-state index in [9.17, 15) is 8.78 Å². The molecule has 1 aromatic carbocycles. The number of thiol groups is 1. The van der Waals surface area contributed by atoms with Gasteiger partial charge in [-0.15, -0.1) is 0 Å². The van der Waals surface area contributed by atoms with Crippen LogP contribution in [0, 0.1) is 11.6 Å². The minimum atomic E-state index is -0.684. The van der Waals surface area contributed by atoms with E-state index >= 15 is 0 Å². The highest BCUT2D eigenvalue weighted by atomic mass is 32.1. The second kappa shape index (κ2) is 4.30. The van der Waals surface area contributed by atoms with E-state index < -0.39 is 11.6 Å². The van der Waals surface area contributed by atoms with Gasteiger partial charge in [0.1, 0.15) is 5.82 Å². The van der Waals surface area contributed by atoms with E-state index in [1.165, 1.54) is 6.07 Å². The van der Waals surface area contributed by atoms with Crippen LogP contribution in [0.15, 0.2) is 18.2 Å². The van der Waals surface area contributed by atoms with Gasteiger partial charge in [-0.1, -0.05) is 0 Å². The predicted molar refractivity (Wildman–Crippen MR) is 45.7 cm³/mol. The summed E-state index contributed by atoms with van der Waals surface area (Å²) in [5.74, 6) is -0.732. The molecule has 0 saturated heterocycles. The largest absolute Gasteiger partial charge is 0.490 e. The van der Waals surface area contributed by atoms with Crippen molar-refractivity contribution in [3.8, 4) is 5.75 Å². The van der Waals surface area contributed by atoms with Crippen LogP contribution in [-0.4, -0.2) is 12.4 Å². The summed E-state index contributed by atoms with van der Waals surface area (Å²) in [5.41, 5.74) is 0. The van der Waals surface area contributed by atoms with Gasteiger partial charge in [0.2, 0.25) is 0 Å². The molecule has 0 amide bonds. The van der Waals surface area contributed by atoms with Crippen LogP contribution in [0.3, 0.4) is 0 Å². The van der Waals surface area contributed by atoms with Gasteiger partial charge in [-0.2, -0.15) is 12.6 Å². The molecule has 1 nitrogen and oxygen atoms in total. The lowest BCUT2D eigenvalue weighted by Crippen LogP contribution is -2.00. The quantitative estimate of drug-likeness (QED) is 0.719. The Hall–Kier alpha value is -0.770. The van der Waals surface area contributed by atoms with Crippen LogP contribution in [0.5, 0.6) is 5.75 Å². The minimum absolute atomic E-state index is 0.0606. The SMILES string of the molecule is Fc1ccc(OCCS)c(F)c1. The number of ether oxygens (including phenoxy) is 1. The monoisotopic (exact) mass is 190 g/mol. The molecule has 0 fully saturated rings. The molecule has 4 heteroatoms. The lowest BCUT2D eigenvalue weighted by atomic mass is 10.3. The van der Waals surface area contributed by atoms with Crippen molar-refractivity contribution in [2.75, 3.05) is 12.4 Å². The summed E-state index contributed by atoms with van der Waals surface area (Å²) in [5, 5.41) is 0. The predicted octanol–water partition coefficient (Wildman–Crippen LogP) is 2.27. The van der Waals surface area contributed by atoms with E-state index in [1.54, 1.807) is 0 Å². The molecular formula is C8H8F2OS. The molecule has 0 radical (unpaired) electrons. The summed E-state index contributed by atoms with van der Waals surface area (Å²) in [4.78, 5) is 0. The first-order valence-electron chi connectivity index (χ1n) is 3.43. The molecule has 0 atom stereocenters. The number of halogens is 2. The van der Waals surface area contributed by atoms with Crippen molar-refractivity contribution >= 4 is 12.6 Å². The van der Waals surface area contributed by atoms with Gasteiger partial charge < -0.3 is 4.74 Å². The van der Waals surface area contributed by atoms with E-state index in [4.69, 9.17) is 4.74 Å². The zero-order valence-corrected chi connectivity index (χ0v) is 7.15. The fraction of sp³-hybridized carbons (Fsp3) is 0.250. The van der Waals surface area contributed by atoms with E-state index in [1.807, 2.05) is 0 Å². The molecule has 12 heavy (non-hydrogen) atoms. The fourth-order valence-corrected chi connectivity index (χ4v) is 0.839. The van der Waals surface area contributed by atoms with Gasteiger partial charge in [0.15, 0.2) is 11.6 Å². The van der Waals surface area contributed by atoms with Crippen LogP contribution >= 0.6 is 12.6 Å². The number of hydrogen-bond acceptors (Lipinski definition) is 2. The van der Waals surface area contributed by atoms with Crippen molar-refractivity contribution in [2.45, 2.75) is 0 Å². The summed E-state index contributed by atoms with van der Waals surface area (Å²) in [6, 6.07) is 3.19. The standard InChI is InChI=1S/C8H8F2OS/c9-6-1-2-8(7(10)5-6)11-3-4-12/h1-2,5,12H,3-4H2. The first-order valence-corrected chi connectivity index (χ1v) is 4.06. The number of rotatable bonds is 3.